The van der Waals surface area contributed by atoms with E-state index in [2.05, 4.69) is 26.9 Å². The quantitative estimate of drug-likeness (QED) is 0.238. The molecule has 1 fully saturated rings. The number of nitrogen functional groups attached to an aromatic ring is 2. The van der Waals surface area contributed by atoms with Crippen molar-refractivity contribution >= 4 is 35.1 Å². The zero-order valence-electron chi connectivity index (χ0n) is 17.9. The molecule has 11 nitrogen and oxygen atoms in total. The molecular formula is C21H26ClN7O4. The predicted octanol–water partition coefficient (Wildman–Crippen LogP) is 1.63. The van der Waals surface area contributed by atoms with Gasteiger partial charge in [-0.15, -0.1) is 0 Å². The Bertz CT molecular complexity index is 1030. The Hall–Kier alpha value is -3.73. The summed E-state index contributed by atoms with van der Waals surface area (Å²) in [6.07, 6.45) is 2.42. The van der Waals surface area contributed by atoms with Crippen LogP contribution < -0.4 is 27.3 Å². The van der Waals surface area contributed by atoms with Crippen molar-refractivity contribution in [2.45, 2.75) is 25.4 Å². The second kappa shape index (κ2) is 11.2. The van der Waals surface area contributed by atoms with Crippen molar-refractivity contribution in [3.63, 3.8) is 0 Å². The molecule has 1 aliphatic heterocycles. The first-order valence-corrected chi connectivity index (χ1v) is 10.6. The van der Waals surface area contributed by atoms with E-state index in [9.17, 15) is 4.79 Å². The Kier molecular flexibility index (Phi) is 8.14. The van der Waals surface area contributed by atoms with Gasteiger partial charge in [-0.1, -0.05) is 23.7 Å². The molecule has 1 aliphatic rings. The number of anilines is 2. The average molecular weight is 476 g/mol. The summed E-state index contributed by atoms with van der Waals surface area (Å²) in [5, 5.41) is 2.29. The van der Waals surface area contributed by atoms with Gasteiger partial charge in [-0.25, -0.2) is 9.97 Å². The first kappa shape index (κ1) is 23.9. The van der Waals surface area contributed by atoms with Gasteiger partial charge >= 0.3 is 0 Å². The number of carbonyl (C=O) groups excluding carboxylic acids is 1. The highest BCUT2D eigenvalue weighted by Crippen LogP contribution is 2.18. The van der Waals surface area contributed by atoms with Crippen molar-refractivity contribution in [2.24, 2.45) is 10.7 Å². The molecule has 0 radical (unpaired) electrons. The molecule has 1 aromatic carbocycles. The lowest BCUT2D eigenvalue weighted by molar-refractivity contribution is 0.0972. The van der Waals surface area contributed by atoms with Crippen LogP contribution in [0.2, 0.25) is 5.15 Å². The zero-order chi connectivity index (χ0) is 23.8. The molecule has 1 amide bonds. The fraction of sp³-hybridized carbons (Fsp3) is 0.333. The Morgan fingerprint density at radius 3 is 2.70 bits per heavy atom. The summed E-state index contributed by atoms with van der Waals surface area (Å²) >= 11 is 5.78. The third-order valence-corrected chi connectivity index (χ3v) is 4.88. The van der Waals surface area contributed by atoms with E-state index in [0.29, 0.717) is 25.7 Å². The summed E-state index contributed by atoms with van der Waals surface area (Å²) in [5.74, 6) is 0.178. The number of benzene rings is 1. The second-order valence-corrected chi connectivity index (χ2v) is 7.55. The molecule has 1 atom stereocenters. The lowest BCUT2D eigenvalue weighted by Crippen LogP contribution is -2.38. The van der Waals surface area contributed by atoms with E-state index in [1.165, 1.54) is 5.56 Å². The van der Waals surface area contributed by atoms with Gasteiger partial charge in [0.15, 0.2) is 34.5 Å². The molecule has 1 saturated heterocycles. The molecular weight excluding hydrogens is 450 g/mol. The Balaban J connectivity index is 1.36. The first-order chi connectivity index (χ1) is 15.8. The number of aromatic nitrogens is 2. The Morgan fingerprint density at radius 1 is 1.24 bits per heavy atom. The maximum Gasteiger partial charge on any atom is 0.280 e. The highest BCUT2D eigenvalue weighted by molar-refractivity contribution is 6.31. The fourth-order valence-corrected chi connectivity index (χ4v) is 3.05. The summed E-state index contributed by atoms with van der Waals surface area (Å²) in [6, 6.07) is 7.87. The van der Waals surface area contributed by atoms with Crippen molar-refractivity contribution in [1.29, 1.82) is 0 Å². The van der Waals surface area contributed by atoms with Gasteiger partial charge in [0.05, 0.1) is 0 Å². The van der Waals surface area contributed by atoms with Crippen molar-refractivity contribution in [3.8, 4) is 5.75 Å². The number of unbranched alkanes of at least 4 members (excludes halogenated alkanes) is 1. The van der Waals surface area contributed by atoms with Crippen LogP contribution in [0.3, 0.4) is 0 Å². The maximum atomic E-state index is 12.2. The van der Waals surface area contributed by atoms with E-state index in [1.54, 1.807) is 0 Å². The number of ether oxygens (including phenoxy) is 3. The maximum absolute atomic E-state index is 12.2. The van der Waals surface area contributed by atoms with Crippen LogP contribution in [0.1, 0.15) is 28.9 Å². The van der Waals surface area contributed by atoms with Crippen LogP contribution in [0.5, 0.6) is 5.75 Å². The average Bonchev–Trinajstić information content (AvgIpc) is 3.20. The van der Waals surface area contributed by atoms with E-state index in [-0.39, 0.29) is 34.5 Å². The number of nitrogens with two attached hydrogens (primary N) is 3. The third kappa shape index (κ3) is 7.14. The lowest BCUT2D eigenvalue weighted by atomic mass is 10.1. The van der Waals surface area contributed by atoms with Crippen LogP contribution >= 0.6 is 11.6 Å². The number of aliphatic imine (C=N–C) groups is 1. The summed E-state index contributed by atoms with van der Waals surface area (Å²) in [5.41, 5.74) is 17.9. The molecule has 0 spiro atoms. The number of aryl methyl sites for hydroxylation is 1. The van der Waals surface area contributed by atoms with E-state index in [4.69, 9.17) is 43.0 Å². The second-order valence-electron chi connectivity index (χ2n) is 7.19. The number of hydrogen-bond acceptors (Lipinski definition) is 9. The van der Waals surface area contributed by atoms with Crippen molar-refractivity contribution in [2.75, 3.05) is 31.2 Å². The smallest absolute Gasteiger partial charge is 0.280 e. The van der Waals surface area contributed by atoms with E-state index in [1.807, 2.05) is 24.3 Å². The first-order valence-electron chi connectivity index (χ1n) is 10.2. The highest BCUT2D eigenvalue weighted by atomic mass is 35.5. The number of rotatable bonds is 9. The Morgan fingerprint density at radius 2 is 2.00 bits per heavy atom. The minimum atomic E-state index is -0.664. The van der Waals surface area contributed by atoms with Gasteiger partial charge in [0.25, 0.3) is 11.9 Å². The largest absolute Gasteiger partial charge is 0.490 e. The van der Waals surface area contributed by atoms with Crippen molar-refractivity contribution < 1.29 is 19.0 Å². The normalized spacial score (nSPS) is 15.6. The van der Waals surface area contributed by atoms with Gasteiger partial charge in [-0.05, 0) is 43.5 Å². The Labute approximate surface area is 196 Å². The van der Waals surface area contributed by atoms with Crippen molar-refractivity contribution in [3.05, 3.63) is 53.2 Å². The topological polar surface area (TPSA) is 173 Å². The number of nitrogens with one attached hydrogen (secondary N) is 1. The molecule has 1 aromatic heterocycles. The number of guanidine groups is 1. The van der Waals surface area contributed by atoms with Crippen LogP contribution in [0, 0.1) is 0 Å². The molecule has 1 unspecified atom stereocenters. The number of amides is 1. The number of halogens is 1. The van der Waals surface area contributed by atoms with E-state index in [0.717, 1.165) is 25.0 Å². The summed E-state index contributed by atoms with van der Waals surface area (Å²) < 4.78 is 16.2. The van der Waals surface area contributed by atoms with Gasteiger partial charge < -0.3 is 31.4 Å². The van der Waals surface area contributed by atoms with Gasteiger partial charge in [-0.2, -0.15) is 0 Å². The molecule has 3 rings (SSSR count). The molecule has 0 saturated carbocycles. The van der Waals surface area contributed by atoms with Crippen LogP contribution in [-0.4, -0.2) is 47.7 Å². The van der Waals surface area contributed by atoms with Crippen LogP contribution in [0.25, 0.3) is 0 Å². The molecule has 33 heavy (non-hydrogen) atoms. The minimum absolute atomic E-state index is 0.0455. The summed E-state index contributed by atoms with van der Waals surface area (Å²) in [6.45, 7) is 4.91. The molecule has 176 valence electrons. The van der Waals surface area contributed by atoms with Crippen molar-refractivity contribution in [1.82, 2.24) is 15.3 Å². The number of hydrogen-bond donors (Lipinski definition) is 4. The van der Waals surface area contributed by atoms with Gasteiger partial charge in [0, 0.05) is 6.54 Å². The predicted molar refractivity (Wildman–Crippen MR) is 125 cm³/mol. The van der Waals surface area contributed by atoms with Crippen LogP contribution in [-0.2, 0) is 15.9 Å². The third-order valence-electron chi connectivity index (χ3n) is 4.60. The molecule has 12 heteroatoms. The molecule has 0 aliphatic carbocycles. The molecule has 2 aromatic rings. The van der Waals surface area contributed by atoms with Crippen LogP contribution in [0.4, 0.5) is 11.6 Å². The van der Waals surface area contributed by atoms with E-state index < -0.39 is 5.91 Å². The minimum Gasteiger partial charge on any atom is -0.490 e. The molecule has 0 bridgehead atoms. The monoisotopic (exact) mass is 475 g/mol. The number of nitrogens with zero attached hydrogens (tertiary/aromatic N) is 3. The molecule has 7 N–H and O–H groups in total. The summed E-state index contributed by atoms with van der Waals surface area (Å²) in [4.78, 5) is 23.9. The van der Waals surface area contributed by atoms with Gasteiger partial charge in [0.1, 0.15) is 19.0 Å². The fourth-order valence-electron chi connectivity index (χ4n) is 2.93. The standard InChI is InChI=1S/C21H26ClN7O4/c1-12-31-10-15(33-12)11-32-14-7-5-13(6-8-14)4-2-3-9-26-21(25)29-20(30)16-18(23)28-19(24)17(22)27-16/h5-8,15H,1-4,9-11H2,(H4,23,24,28)(H3,25,26,29,30). The zero-order valence-corrected chi connectivity index (χ0v) is 18.7. The lowest BCUT2D eigenvalue weighted by Gasteiger charge is -2.10. The summed E-state index contributed by atoms with van der Waals surface area (Å²) in [7, 11) is 0. The van der Waals surface area contributed by atoms with E-state index >= 15 is 0 Å². The SMILES string of the molecule is C=C1OCC(COc2ccc(CCCCN=C(N)NC(=O)c3nc(Cl)c(N)nc3N)cc2)O1. The van der Waals surface area contributed by atoms with Crippen LogP contribution in [0.15, 0.2) is 41.8 Å². The van der Waals surface area contributed by atoms with Gasteiger partial charge in [0.2, 0.25) is 0 Å². The highest BCUT2D eigenvalue weighted by Gasteiger charge is 2.21. The van der Waals surface area contributed by atoms with Gasteiger partial charge in [-0.3, -0.25) is 15.1 Å². The molecule has 2 heterocycles. The number of carbonyl (C=O) groups is 1.